The third-order valence-corrected chi connectivity index (χ3v) is 5.53. The van der Waals surface area contributed by atoms with Gasteiger partial charge in [0.2, 0.25) is 5.91 Å². The van der Waals surface area contributed by atoms with E-state index >= 15 is 0 Å². The lowest BCUT2D eigenvalue weighted by Crippen LogP contribution is -2.49. The molecule has 1 aromatic heterocycles. The smallest absolute Gasteiger partial charge is 0.252 e. The second-order valence-corrected chi connectivity index (χ2v) is 7.00. The first kappa shape index (κ1) is 18.1. The van der Waals surface area contributed by atoms with E-state index < -0.39 is 6.04 Å². The second kappa shape index (κ2) is 7.03. The zero-order valence-corrected chi connectivity index (χ0v) is 16.2. The van der Waals surface area contributed by atoms with Gasteiger partial charge in [0.25, 0.3) is 5.91 Å². The molecule has 28 heavy (non-hydrogen) atoms. The third kappa shape index (κ3) is 2.81. The van der Waals surface area contributed by atoms with E-state index in [0.717, 1.165) is 22.2 Å². The molecule has 144 valence electrons. The topological polar surface area (TPSA) is 63.6 Å². The molecule has 1 aliphatic heterocycles. The molecular formula is C22H23N3O3. The van der Waals surface area contributed by atoms with Gasteiger partial charge in [0, 0.05) is 42.2 Å². The average Bonchev–Trinajstić information content (AvgIpc) is 2.96. The van der Waals surface area contributed by atoms with Crippen molar-refractivity contribution in [1.82, 2.24) is 9.47 Å². The van der Waals surface area contributed by atoms with Crippen LogP contribution in [0.2, 0.25) is 0 Å². The Bertz CT molecular complexity index is 1070. The molecule has 0 aliphatic carbocycles. The van der Waals surface area contributed by atoms with Gasteiger partial charge in [-0.2, -0.15) is 0 Å². The summed E-state index contributed by atoms with van der Waals surface area (Å²) in [4.78, 5) is 27.3. The number of carbonyl (C=O) groups is 2. The lowest BCUT2D eigenvalue weighted by atomic mass is 9.97. The number of anilines is 1. The summed E-state index contributed by atoms with van der Waals surface area (Å²) in [5, 5.41) is 3.95. The number of methoxy groups -OCH3 is 1. The fourth-order valence-corrected chi connectivity index (χ4v) is 3.88. The predicted octanol–water partition coefficient (Wildman–Crippen LogP) is 3.41. The number of nitrogens with zero attached hydrogens (tertiary/aromatic N) is 2. The number of rotatable bonds is 5. The molecule has 6 heteroatoms. The molecule has 6 nitrogen and oxygen atoms in total. The normalized spacial score (nSPS) is 14.7. The van der Waals surface area contributed by atoms with Crippen molar-refractivity contribution in [3.63, 3.8) is 0 Å². The molecule has 2 aromatic carbocycles. The molecule has 1 unspecified atom stereocenters. The highest BCUT2D eigenvalue weighted by molar-refractivity contribution is 6.03. The third-order valence-electron chi connectivity index (χ3n) is 5.53. The molecular weight excluding hydrogens is 354 g/mol. The first-order valence-electron chi connectivity index (χ1n) is 9.30. The Hall–Kier alpha value is -3.28. The number of para-hydroxylation sites is 3. The summed E-state index contributed by atoms with van der Waals surface area (Å²) >= 11 is 0. The number of amides is 2. The molecule has 0 spiro atoms. The highest BCUT2D eigenvalue weighted by atomic mass is 16.5. The van der Waals surface area contributed by atoms with Crippen molar-refractivity contribution in [3.05, 3.63) is 59.8 Å². The number of aromatic nitrogens is 1. The number of ether oxygens (including phenoxy) is 1. The number of β-lactam (4-membered cyclic amide) rings is 1. The molecule has 2 heterocycles. The molecule has 0 saturated carbocycles. The van der Waals surface area contributed by atoms with Gasteiger partial charge in [-0.25, -0.2) is 0 Å². The molecule has 1 N–H and O–H groups in total. The lowest BCUT2D eigenvalue weighted by molar-refractivity contribution is -0.147. The van der Waals surface area contributed by atoms with Crippen LogP contribution in [0.25, 0.3) is 10.9 Å². The van der Waals surface area contributed by atoms with Crippen LogP contribution in [0, 0.1) is 6.92 Å². The van der Waals surface area contributed by atoms with Crippen LogP contribution in [0.15, 0.2) is 48.5 Å². The van der Waals surface area contributed by atoms with Gasteiger partial charge >= 0.3 is 0 Å². The number of carbonyl (C=O) groups excluding carboxylic acids is 2. The van der Waals surface area contributed by atoms with E-state index in [0.29, 0.717) is 24.4 Å². The van der Waals surface area contributed by atoms with Crippen LogP contribution in [0.1, 0.15) is 23.7 Å². The monoisotopic (exact) mass is 377 g/mol. The molecule has 0 radical (unpaired) electrons. The number of likely N-dealkylation sites (tertiary alicyclic amines) is 1. The van der Waals surface area contributed by atoms with E-state index in [-0.39, 0.29) is 11.8 Å². The SMILES string of the molecule is COc1ccccc1NC(=O)C(c1c(C)n(C)c2ccccc12)N1CCC1=O. The first-order chi connectivity index (χ1) is 13.5. The van der Waals surface area contributed by atoms with Gasteiger partial charge in [-0.3, -0.25) is 9.59 Å². The average molecular weight is 377 g/mol. The summed E-state index contributed by atoms with van der Waals surface area (Å²) in [5.41, 5.74) is 3.48. The van der Waals surface area contributed by atoms with Crippen molar-refractivity contribution in [2.45, 2.75) is 19.4 Å². The lowest BCUT2D eigenvalue weighted by Gasteiger charge is -2.37. The van der Waals surface area contributed by atoms with Gasteiger partial charge in [-0.1, -0.05) is 30.3 Å². The fourth-order valence-electron chi connectivity index (χ4n) is 3.88. The van der Waals surface area contributed by atoms with Crippen LogP contribution >= 0.6 is 0 Å². The van der Waals surface area contributed by atoms with Gasteiger partial charge in [0.15, 0.2) is 0 Å². The highest BCUT2D eigenvalue weighted by Crippen LogP contribution is 2.37. The van der Waals surface area contributed by atoms with Crippen LogP contribution in [0.4, 0.5) is 5.69 Å². The summed E-state index contributed by atoms with van der Waals surface area (Å²) in [6.45, 7) is 2.56. The Labute approximate surface area is 163 Å². The van der Waals surface area contributed by atoms with Gasteiger partial charge in [-0.05, 0) is 25.1 Å². The number of benzene rings is 2. The van der Waals surface area contributed by atoms with E-state index in [2.05, 4.69) is 9.88 Å². The van der Waals surface area contributed by atoms with Crippen LogP contribution in [-0.2, 0) is 16.6 Å². The minimum atomic E-state index is -0.683. The van der Waals surface area contributed by atoms with Crippen LogP contribution in [0.3, 0.4) is 0 Å². The largest absolute Gasteiger partial charge is 0.495 e. The van der Waals surface area contributed by atoms with Gasteiger partial charge in [0.1, 0.15) is 11.8 Å². The molecule has 1 aliphatic rings. The van der Waals surface area contributed by atoms with Crippen molar-refractivity contribution >= 4 is 28.4 Å². The second-order valence-electron chi connectivity index (χ2n) is 7.00. The Morgan fingerprint density at radius 2 is 1.86 bits per heavy atom. The zero-order chi connectivity index (χ0) is 19.8. The van der Waals surface area contributed by atoms with Crippen molar-refractivity contribution in [3.8, 4) is 5.75 Å². The van der Waals surface area contributed by atoms with E-state index in [1.165, 1.54) is 0 Å². The van der Waals surface area contributed by atoms with Gasteiger partial charge < -0.3 is 19.5 Å². The predicted molar refractivity (Wildman–Crippen MR) is 108 cm³/mol. The number of hydrogen-bond acceptors (Lipinski definition) is 3. The Morgan fingerprint density at radius 3 is 2.54 bits per heavy atom. The summed E-state index contributed by atoms with van der Waals surface area (Å²) in [6, 6.07) is 14.6. The summed E-state index contributed by atoms with van der Waals surface area (Å²) in [6.07, 6.45) is 0.474. The van der Waals surface area contributed by atoms with Crippen molar-refractivity contribution in [1.29, 1.82) is 0 Å². The molecule has 3 aromatic rings. The minimum absolute atomic E-state index is 0.00693. The molecule has 1 atom stereocenters. The quantitative estimate of drug-likeness (QED) is 0.693. The zero-order valence-electron chi connectivity index (χ0n) is 16.2. The molecule has 1 fully saturated rings. The summed E-state index contributed by atoms with van der Waals surface area (Å²) < 4.78 is 7.42. The van der Waals surface area contributed by atoms with Crippen LogP contribution in [0.5, 0.6) is 5.75 Å². The fraction of sp³-hybridized carbons (Fsp3) is 0.273. The Balaban J connectivity index is 1.80. The van der Waals surface area contributed by atoms with Crippen molar-refractivity contribution in [2.24, 2.45) is 7.05 Å². The summed E-state index contributed by atoms with van der Waals surface area (Å²) in [5.74, 6) is 0.337. The van der Waals surface area contributed by atoms with Crippen LogP contribution in [-0.4, -0.2) is 34.9 Å². The first-order valence-corrected chi connectivity index (χ1v) is 9.30. The molecule has 2 amide bonds. The van der Waals surface area contributed by atoms with E-state index in [1.807, 2.05) is 50.4 Å². The van der Waals surface area contributed by atoms with E-state index in [9.17, 15) is 9.59 Å². The summed E-state index contributed by atoms with van der Waals surface area (Å²) in [7, 11) is 3.55. The Kier molecular flexibility index (Phi) is 4.55. The van der Waals surface area contributed by atoms with Crippen molar-refractivity contribution in [2.75, 3.05) is 19.0 Å². The maximum absolute atomic E-state index is 13.4. The number of nitrogens with one attached hydrogen (secondary N) is 1. The Morgan fingerprint density at radius 1 is 1.14 bits per heavy atom. The van der Waals surface area contributed by atoms with E-state index in [1.54, 1.807) is 24.1 Å². The van der Waals surface area contributed by atoms with Crippen molar-refractivity contribution < 1.29 is 14.3 Å². The van der Waals surface area contributed by atoms with Gasteiger partial charge in [-0.15, -0.1) is 0 Å². The highest BCUT2D eigenvalue weighted by Gasteiger charge is 2.39. The van der Waals surface area contributed by atoms with Gasteiger partial charge in [0.05, 0.1) is 12.8 Å². The number of aryl methyl sites for hydroxylation is 1. The minimum Gasteiger partial charge on any atom is -0.495 e. The van der Waals surface area contributed by atoms with E-state index in [4.69, 9.17) is 4.74 Å². The number of hydrogen-bond donors (Lipinski definition) is 1. The van der Waals surface area contributed by atoms with Crippen LogP contribution < -0.4 is 10.1 Å². The molecule has 4 rings (SSSR count). The standard InChI is InChI=1S/C22H23N3O3/c1-14-20(15-8-4-6-10-17(15)24(14)2)21(25-13-12-19(25)26)22(27)23-16-9-5-7-11-18(16)28-3/h4-11,21H,12-13H2,1-3H3,(H,23,27). The maximum Gasteiger partial charge on any atom is 0.252 e. The molecule has 1 saturated heterocycles. The number of fused-ring (bicyclic) bond motifs is 1. The maximum atomic E-state index is 13.4. The molecule has 0 bridgehead atoms.